The van der Waals surface area contributed by atoms with Crippen molar-refractivity contribution in [1.29, 1.82) is 5.26 Å². The predicted molar refractivity (Wildman–Crippen MR) is 79.0 cm³/mol. The summed E-state index contributed by atoms with van der Waals surface area (Å²) in [7, 11) is 0. The number of H-pyrrole nitrogens is 1. The summed E-state index contributed by atoms with van der Waals surface area (Å²) in [6.07, 6.45) is 4.19. The molecule has 2 aromatic rings. The standard InChI is InChI=1S/C14H15N7/c15-7-11(14-18-20-21-19-14)9-17-13-4-2-1-3-12(13)16-8-10-5-6-10/h1-4,9-10,16-17H,5-6,8H2,(H,18,19,20,21). The first-order valence-electron chi connectivity index (χ1n) is 6.80. The second-order valence-electron chi connectivity index (χ2n) is 4.92. The van der Waals surface area contributed by atoms with Crippen LogP contribution in [0.5, 0.6) is 0 Å². The van der Waals surface area contributed by atoms with Crippen LogP contribution < -0.4 is 10.6 Å². The van der Waals surface area contributed by atoms with Gasteiger partial charge in [0.15, 0.2) is 0 Å². The van der Waals surface area contributed by atoms with E-state index in [0.717, 1.165) is 23.8 Å². The highest BCUT2D eigenvalue weighted by Crippen LogP contribution is 2.30. The van der Waals surface area contributed by atoms with Crippen LogP contribution in [0.25, 0.3) is 5.57 Å². The van der Waals surface area contributed by atoms with Crippen molar-refractivity contribution in [1.82, 2.24) is 20.6 Å². The van der Waals surface area contributed by atoms with Crippen molar-refractivity contribution in [2.75, 3.05) is 17.2 Å². The SMILES string of the molecule is N#CC(=CNc1ccccc1NCC1CC1)c1nn[nH]n1. The molecule has 0 atom stereocenters. The van der Waals surface area contributed by atoms with Crippen molar-refractivity contribution in [3.63, 3.8) is 0 Å². The number of hydrogen-bond acceptors (Lipinski definition) is 6. The van der Waals surface area contributed by atoms with E-state index < -0.39 is 0 Å². The summed E-state index contributed by atoms with van der Waals surface area (Å²) in [5.74, 6) is 1.07. The summed E-state index contributed by atoms with van der Waals surface area (Å²) in [6, 6.07) is 9.94. The third-order valence-corrected chi connectivity index (χ3v) is 3.28. The molecule has 1 aromatic heterocycles. The Hall–Kier alpha value is -2.88. The first-order chi connectivity index (χ1) is 10.4. The van der Waals surface area contributed by atoms with Crippen LogP contribution in [-0.2, 0) is 0 Å². The first-order valence-corrected chi connectivity index (χ1v) is 6.80. The number of aromatic nitrogens is 4. The summed E-state index contributed by atoms with van der Waals surface area (Å²) in [6.45, 7) is 0.984. The monoisotopic (exact) mass is 281 g/mol. The van der Waals surface area contributed by atoms with Gasteiger partial charge in [0.25, 0.3) is 0 Å². The van der Waals surface area contributed by atoms with Crippen molar-refractivity contribution < 1.29 is 0 Å². The van der Waals surface area contributed by atoms with E-state index in [1.165, 1.54) is 12.8 Å². The molecule has 1 aromatic carbocycles. The fourth-order valence-electron chi connectivity index (χ4n) is 1.91. The molecule has 1 aliphatic rings. The van der Waals surface area contributed by atoms with E-state index >= 15 is 0 Å². The lowest BCUT2D eigenvalue weighted by atomic mass is 10.2. The Kier molecular flexibility index (Phi) is 3.78. The van der Waals surface area contributed by atoms with Gasteiger partial charge in [-0.25, -0.2) is 0 Å². The molecule has 3 N–H and O–H groups in total. The zero-order valence-electron chi connectivity index (χ0n) is 11.4. The highest BCUT2D eigenvalue weighted by Gasteiger charge is 2.20. The van der Waals surface area contributed by atoms with Crippen molar-refractivity contribution >= 4 is 16.9 Å². The van der Waals surface area contributed by atoms with Crippen LogP contribution in [0.2, 0.25) is 0 Å². The van der Waals surface area contributed by atoms with E-state index in [1.807, 2.05) is 30.3 Å². The van der Waals surface area contributed by atoms with Crippen molar-refractivity contribution in [2.45, 2.75) is 12.8 Å². The minimum atomic E-state index is 0.272. The number of anilines is 2. The highest BCUT2D eigenvalue weighted by molar-refractivity contribution is 5.77. The third kappa shape index (κ3) is 3.36. The average molecular weight is 281 g/mol. The molecule has 0 spiro atoms. The Morgan fingerprint density at radius 2 is 2.19 bits per heavy atom. The number of rotatable bonds is 6. The van der Waals surface area contributed by atoms with E-state index in [1.54, 1.807) is 6.20 Å². The van der Waals surface area contributed by atoms with Crippen LogP contribution in [0.1, 0.15) is 18.7 Å². The third-order valence-electron chi connectivity index (χ3n) is 3.28. The lowest BCUT2D eigenvalue weighted by molar-refractivity contribution is 0.881. The molecule has 21 heavy (non-hydrogen) atoms. The van der Waals surface area contributed by atoms with Gasteiger partial charge >= 0.3 is 0 Å². The van der Waals surface area contributed by atoms with Crippen LogP contribution >= 0.6 is 0 Å². The van der Waals surface area contributed by atoms with Crippen LogP contribution in [-0.4, -0.2) is 27.2 Å². The quantitative estimate of drug-likeness (QED) is 0.700. The first kappa shape index (κ1) is 13.1. The molecular formula is C14H15N7. The molecule has 7 heteroatoms. The molecule has 1 saturated carbocycles. The van der Waals surface area contributed by atoms with E-state index in [0.29, 0.717) is 5.57 Å². The zero-order valence-corrected chi connectivity index (χ0v) is 11.4. The number of aromatic amines is 1. The lowest BCUT2D eigenvalue weighted by Crippen LogP contribution is -2.05. The van der Waals surface area contributed by atoms with Crippen LogP contribution in [0.15, 0.2) is 30.5 Å². The van der Waals surface area contributed by atoms with E-state index in [4.69, 9.17) is 5.26 Å². The minimum Gasteiger partial charge on any atom is -0.383 e. The fourth-order valence-corrected chi connectivity index (χ4v) is 1.91. The summed E-state index contributed by atoms with van der Waals surface area (Å²) >= 11 is 0. The molecule has 0 unspecified atom stereocenters. The topological polar surface area (TPSA) is 102 Å². The second-order valence-corrected chi connectivity index (χ2v) is 4.92. The molecule has 3 rings (SSSR count). The van der Waals surface area contributed by atoms with Gasteiger partial charge in [-0.05, 0) is 36.1 Å². The van der Waals surface area contributed by atoms with E-state index in [2.05, 4.69) is 31.3 Å². The Bertz CT molecular complexity index is 665. The Morgan fingerprint density at radius 3 is 2.86 bits per heavy atom. The van der Waals surface area contributed by atoms with Gasteiger partial charge in [0.1, 0.15) is 11.6 Å². The molecule has 0 aliphatic heterocycles. The number of tetrazole rings is 1. The van der Waals surface area contributed by atoms with Gasteiger partial charge in [0, 0.05) is 12.7 Å². The number of benzene rings is 1. The second kappa shape index (κ2) is 6.05. The number of hydrogen-bond donors (Lipinski definition) is 3. The Balaban J connectivity index is 1.73. The average Bonchev–Trinajstić information content (AvgIpc) is 3.20. The van der Waals surface area contributed by atoms with Crippen molar-refractivity contribution in [3.05, 3.63) is 36.3 Å². The molecular weight excluding hydrogens is 266 g/mol. The number of nitrogens with zero attached hydrogens (tertiary/aromatic N) is 4. The fraction of sp³-hybridized carbons (Fsp3) is 0.286. The molecule has 0 radical (unpaired) electrons. The van der Waals surface area contributed by atoms with Gasteiger partial charge in [-0.15, -0.1) is 10.2 Å². The smallest absolute Gasteiger partial charge is 0.216 e. The summed E-state index contributed by atoms with van der Waals surface area (Å²) in [4.78, 5) is 0. The van der Waals surface area contributed by atoms with E-state index in [9.17, 15) is 0 Å². The molecule has 0 saturated heterocycles. The van der Waals surface area contributed by atoms with Crippen molar-refractivity contribution in [3.8, 4) is 6.07 Å². The van der Waals surface area contributed by atoms with Crippen LogP contribution in [0, 0.1) is 17.2 Å². The maximum atomic E-state index is 9.13. The normalized spacial score (nSPS) is 14.5. The molecule has 1 heterocycles. The number of allylic oxidation sites excluding steroid dienone is 1. The molecule has 1 fully saturated rings. The van der Waals surface area contributed by atoms with E-state index in [-0.39, 0.29) is 5.82 Å². The van der Waals surface area contributed by atoms with Gasteiger partial charge in [-0.3, -0.25) is 0 Å². The van der Waals surface area contributed by atoms with Gasteiger partial charge in [-0.2, -0.15) is 10.5 Å². The largest absolute Gasteiger partial charge is 0.383 e. The number of nitriles is 1. The summed E-state index contributed by atoms with van der Waals surface area (Å²) in [5.41, 5.74) is 2.25. The molecule has 106 valence electrons. The predicted octanol–water partition coefficient (Wildman–Crippen LogP) is 2.00. The van der Waals surface area contributed by atoms with Gasteiger partial charge in [-0.1, -0.05) is 12.1 Å². The van der Waals surface area contributed by atoms with Crippen molar-refractivity contribution in [2.24, 2.45) is 5.92 Å². The lowest BCUT2D eigenvalue weighted by Gasteiger charge is -2.11. The number of para-hydroxylation sites is 2. The maximum Gasteiger partial charge on any atom is 0.216 e. The number of nitrogens with one attached hydrogen (secondary N) is 3. The molecule has 0 bridgehead atoms. The summed E-state index contributed by atoms with van der Waals surface area (Å²) in [5, 5.41) is 29.1. The van der Waals surface area contributed by atoms with Gasteiger partial charge in [0.05, 0.1) is 11.4 Å². The Morgan fingerprint density at radius 1 is 1.38 bits per heavy atom. The molecule has 7 nitrogen and oxygen atoms in total. The zero-order chi connectivity index (χ0) is 14.5. The van der Waals surface area contributed by atoms with Crippen LogP contribution in [0.4, 0.5) is 11.4 Å². The van der Waals surface area contributed by atoms with Gasteiger partial charge in [0.2, 0.25) is 5.82 Å². The molecule has 0 amide bonds. The summed E-state index contributed by atoms with van der Waals surface area (Å²) < 4.78 is 0. The highest BCUT2D eigenvalue weighted by atomic mass is 15.5. The molecule has 1 aliphatic carbocycles. The minimum absolute atomic E-state index is 0.272. The van der Waals surface area contributed by atoms with Crippen LogP contribution in [0.3, 0.4) is 0 Å². The Labute approximate surface area is 122 Å². The maximum absolute atomic E-state index is 9.13. The van der Waals surface area contributed by atoms with Gasteiger partial charge < -0.3 is 10.6 Å².